The number of aliphatic hydroxyl groups excluding tert-OH is 1. The van der Waals surface area contributed by atoms with Gasteiger partial charge in [-0.2, -0.15) is 8.42 Å². The van der Waals surface area contributed by atoms with Crippen LogP contribution in [0.1, 0.15) is 19.8 Å². The van der Waals surface area contributed by atoms with Crippen LogP contribution in [-0.4, -0.2) is 37.1 Å². The Labute approximate surface area is 117 Å². The van der Waals surface area contributed by atoms with Crippen LogP contribution in [0.5, 0.6) is 0 Å². The predicted molar refractivity (Wildman–Crippen MR) is 72.5 cm³/mol. The topological polar surface area (TPSA) is 108 Å². The molecule has 1 fully saturated rings. The Balaban J connectivity index is 2.10. The standard InChI is InChI=1S/C12H17N3O4S/c1-8(16)7-13-10-3-2-4-11(14-10)20(18,19)15-12(17)9-5-6-9/h2-4,8-9,16H,5-7H2,1H3,(H,13,14)(H,15,17). The summed E-state index contributed by atoms with van der Waals surface area (Å²) >= 11 is 0. The van der Waals surface area contributed by atoms with Gasteiger partial charge in [0.2, 0.25) is 5.91 Å². The average Bonchev–Trinajstić information content (AvgIpc) is 3.20. The van der Waals surface area contributed by atoms with Gasteiger partial charge in [0, 0.05) is 12.5 Å². The summed E-state index contributed by atoms with van der Waals surface area (Å²) in [6.45, 7) is 1.86. The summed E-state index contributed by atoms with van der Waals surface area (Å²) in [5.74, 6) is -0.344. The molecule has 20 heavy (non-hydrogen) atoms. The van der Waals surface area contributed by atoms with Crippen LogP contribution in [-0.2, 0) is 14.8 Å². The number of aliphatic hydroxyl groups is 1. The Morgan fingerprint density at radius 1 is 1.50 bits per heavy atom. The molecule has 1 unspecified atom stereocenters. The van der Waals surface area contributed by atoms with Crippen molar-refractivity contribution in [3.63, 3.8) is 0 Å². The van der Waals surface area contributed by atoms with Crippen molar-refractivity contribution in [1.29, 1.82) is 0 Å². The van der Waals surface area contributed by atoms with E-state index in [2.05, 4.69) is 10.3 Å². The number of nitrogens with one attached hydrogen (secondary N) is 2. The molecule has 0 aromatic carbocycles. The van der Waals surface area contributed by atoms with Gasteiger partial charge in [-0.1, -0.05) is 6.07 Å². The number of amides is 1. The number of pyridine rings is 1. The van der Waals surface area contributed by atoms with E-state index in [1.165, 1.54) is 12.1 Å². The first-order chi connectivity index (χ1) is 9.38. The van der Waals surface area contributed by atoms with Crippen molar-refractivity contribution < 1.29 is 18.3 Å². The van der Waals surface area contributed by atoms with E-state index in [1.54, 1.807) is 13.0 Å². The Bertz CT molecular complexity index is 596. The lowest BCUT2D eigenvalue weighted by atomic mass is 10.4. The van der Waals surface area contributed by atoms with Crippen LogP contribution >= 0.6 is 0 Å². The number of hydrogen-bond acceptors (Lipinski definition) is 6. The van der Waals surface area contributed by atoms with Crippen molar-refractivity contribution in [2.24, 2.45) is 5.92 Å². The third-order valence-corrected chi connectivity index (χ3v) is 4.01. The fourth-order valence-corrected chi connectivity index (χ4v) is 2.54. The van der Waals surface area contributed by atoms with E-state index in [-0.39, 0.29) is 17.5 Å². The summed E-state index contributed by atoms with van der Waals surface area (Å²) in [6, 6.07) is 4.42. The first-order valence-electron chi connectivity index (χ1n) is 6.34. The first-order valence-corrected chi connectivity index (χ1v) is 7.82. The van der Waals surface area contributed by atoms with E-state index >= 15 is 0 Å². The van der Waals surface area contributed by atoms with Gasteiger partial charge >= 0.3 is 0 Å². The van der Waals surface area contributed by atoms with E-state index < -0.39 is 22.0 Å². The van der Waals surface area contributed by atoms with Crippen LogP contribution in [0, 0.1) is 5.92 Å². The zero-order valence-corrected chi connectivity index (χ0v) is 11.9. The molecule has 110 valence electrons. The molecule has 1 aromatic rings. The Morgan fingerprint density at radius 3 is 2.80 bits per heavy atom. The molecule has 0 spiro atoms. The number of carbonyl (C=O) groups is 1. The van der Waals surface area contributed by atoms with Gasteiger partial charge in [-0.15, -0.1) is 0 Å². The van der Waals surface area contributed by atoms with Crippen LogP contribution in [0.3, 0.4) is 0 Å². The number of aromatic nitrogens is 1. The van der Waals surface area contributed by atoms with Crippen LogP contribution in [0.25, 0.3) is 0 Å². The maximum absolute atomic E-state index is 12.0. The highest BCUT2D eigenvalue weighted by Crippen LogP contribution is 2.29. The maximum Gasteiger partial charge on any atom is 0.281 e. The number of nitrogens with zero attached hydrogens (tertiary/aromatic N) is 1. The predicted octanol–water partition coefficient (Wildman–Crippen LogP) is 0.0892. The fourth-order valence-electron chi connectivity index (χ4n) is 1.53. The second kappa shape index (κ2) is 5.76. The SMILES string of the molecule is CC(O)CNc1cccc(S(=O)(=O)NC(=O)C2CC2)n1. The lowest BCUT2D eigenvalue weighted by molar-refractivity contribution is -0.120. The van der Waals surface area contributed by atoms with Gasteiger partial charge in [0.1, 0.15) is 5.82 Å². The second-order valence-electron chi connectivity index (χ2n) is 4.84. The van der Waals surface area contributed by atoms with E-state index in [9.17, 15) is 13.2 Å². The summed E-state index contributed by atoms with van der Waals surface area (Å²) in [5.41, 5.74) is 0. The van der Waals surface area contributed by atoms with Crippen molar-refractivity contribution in [1.82, 2.24) is 9.71 Å². The normalized spacial score (nSPS) is 16.5. The fraction of sp³-hybridized carbons (Fsp3) is 0.500. The van der Waals surface area contributed by atoms with Crippen LogP contribution < -0.4 is 10.0 Å². The lowest BCUT2D eigenvalue weighted by Gasteiger charge is -2.10. The minimum absolute atomic E-state index is 0.193. The molecule has 2 rings (SSSR count). The van der Waals surface area contributed by atoms with Crippen molar-refractivity contribution in [3.05, 3.63) is 18.2 Å². The highest BCUT2D eigenvalue weighted by Gasteiger charge is 2.33. The molecule has 0 bridgehead atoms. The summed E-state index contributed by atoms with van der Waals surface area (Å²) in [6.07, 6.45) is 0.877. The molecule has 1 aliphatic rings. The summed E-state index contributed by atoms with van der Waals surface area (Å²) in [4.78, 5) is 15.5. The van der Waals surface area contributed by atoms with E-state index in [1.807, 2.05) is 4.72 Å². The van der Waals surface area contributed by atoms with Crippen LogP contribution in [0.4, 0.5) is 5.82 Å². The average molecular weight is 299 g/mol. The van der Waals surface area contributed by atoms with Crippen molar-refractivity contribution in [3.8, 4) is 0 Å². The molecular weight excluding hydrogens is 282 g/mol. The van der Waals surface area contributed by atoms with Gasteiger partial charge in [-0.05, 0) is 31.9 Å². The number of hydrogen-bond donors (Lipinski definition) is 3. The summed E-state index contributed by atoms with van der Waals surface area (Å²) in [5, 5.41) is 11.8. The highest BCUT2D eigenvalue weighted by molar-refractivity contribution is 7.90. The zero-order valence-electron chi connectivity index (χ0n) is 11.0. The Hall–Kier alpha value is -1.67. The maximum atomic E-state index is 12.0. The van der Waals surface area contributed by atoms with Crippen LogP contribution in [0.2, 0.25) is 0 Å². The largest absolute Gasteiger partial charge is 0.392 e. The Morgan fingerprint density at radius 2 is 2.20 bits per heavy atom. The number of anilines is 1. The minimum Gasteiger partial charge on any atom is -0.392 e. The zero-order chi connectivity index (χ0) is 14.8. The summed E-state index contributed by atoms with van der Waals surface area (Å²) < 4.78 is 26.0. The molecule has 0 radical (unpaired) electrons. The van der Waals surface area contributed by atoms with Gasteiger partial charge in [0.05, 0.1) is 6.10 Å². The van der Waals surface area contributed by atoms with Crippen LogP contribution in [0.15, 0.2) is 23.2 Å². The molecule has 0 saturated heterocycles. The molecule has 1 heterocycles. The molecule has 1 amide bonds. The highest BCUT2D eigenvalue weighted by atomic mass is 32.2. The van der Waals surface area contributed by atoms with Crippen molar-refractivity contribution in [2.75, 3.05) is 11.9 Å². The molecule has 7 nitrogen and oxygen atoms in total. The minimum atomic E-state index is -3.94. The molecule has 0 aliphatic heterocycles. The van der Waals surface area contributed by atoms with Gasteiger partial charge in [0.15, 0.2) is 5.03 Å². The van der Waals surface area contributed by atoms with Gasteiger partial charge in [0.25, 0.3) is 10.0 Å². The van der Waals surface area contributed by atoms with Gasteiger partial charge in [-0.3, -0.25) is 4.79 Å². The third kappa shape index (κ3) is 3.91. The second-order valence-corrected chi connectivity index (χ2v) is 6.46. The van der Waals surface area contributed by atoms with Gasteiger partial charge in [-0.25, -0.2) is 9.71 Å². The van der Waals surface area contributed by atoms with Crippen molar-refractivity contribution >= 4 is 21.7 Å². The first kappa shape index (κ1) is 14.7. The molecule has 8 heteroatoms. The number of carbonyl (C=O) groups excluding carboxylic acids is 1. The quantitative estimate of drug-likeness (QED) is 0.687. The molecule has 3 N–H and O–H groups in total. The lowest BCUT2D eigenvalue weighted by Crippen LogP contribution is -2.32. The van der Waals surface area contributed by atoms with E-state index in [0.29, 0.717) is 5.82 Å². The molecule has 1 atom stereocenters. The third-order valence-electron chi connectivity index (χ3n) is 2.76. The molecule has 1 aliphatic carbocycles. The number of rotatable bonds is 6. The smallest absolute Gasteiger partial charge is 0.281 e. The summed E-state index contributed by atoms with van der Waals surface area (Å²) in [7, 11) is -3.94. The van der Waals surface area contributed by atoms with E-state index in [4.69, 9.17) is 5.11 Å². The molecular formula is C12H17N3O4S. The monoisotopic (exact) mass is 299 g/mol. The van der Waals surface area contributed by atoms with Gasteiger partial charge < -0.3 is 10.4 Å². The Kier molecular flexibility index (Phi) is 4.24. The number of sulfonamides is 1. The molecule has 1 aromatic heterocycles. The van der Waals surface area contributed by atoms with Crippen molar-refractivity contribution in [2.45, 2.75) is 30.9 Å². The molecule has 1 saturated carbocycles. The van der Waals surface area contributed by atoms with E-state index in [0.717, 1.165) is 12.8 Å².